The Hall–Kier alpha value is -0.600. The third-order valence-corrected chi connectivity index (χ3v) is 5.05. The van der Waals surface area contributed by atoms with Gasteiger partial charge in [-0.3, -0.25) is 23.6 Å². The van der Waals surface area contributed by atoms with Crippen molar-refractivity contribution in [3.8, 4) is 0 Å². The van der Waals surface area contributed by atoms with E-state index in [1.165, 1.54) is 6.26 Å². The molecule has 0 aliphatic heterocycles. The SMILES string of the molecule is CCOP(=O)(CC(=O)CC(=O)N(O)CCS(C)=O)OCC. The summed E-state index contributed by atoms with van der Waals surface area (Å²) in [6.45, 7) is 3.33. The number of nitrogens with zero attached hydrogens (tertiary/aromatic N) is 1. The third kappa shape index (κ3) is 9.10. The average Bonchev–Trinajstić information content (AvgIpc) is 2.35. The molecule has 10 heteroatoms. The lowest BCUT2D eigenvalue weighted by Crippen LogP contribution is -2.33. The van der Waals surface area contributed by atoms with Crippen molar-refractivity contribution in [1.29, 1.82) is 0 Å². The summed E-state index contributed by atoms with van der Waals surface area (Å²) in [6.07, 6.45) is 0.300. The Morgan fingerprint density at radius 3 is 2.19 bits per heavy atom. The van der Waals surface area contributed by atoms with Crippen LogP contribution in [-0.4, -0.2) is 64.1 Å². The van der Waals surface area contributed by atoms with Crippen molar-refractivity contribution < 1.29 is 32.6 Å². The maximum atomic E-state index is 12.1. The number of hydrogen-bond acceptors (Lipinski definition) is 7. The highest BCUT2D eigenvalue weighted by Gasteiger charge is 2.29. The minimum Gasteiger partial charge on any atom is -0.309 e. The second kappa shape index (κ2) is 10.2. The van der Waals surface area contributed by atoms with Crippen LogP contribution in [0.3, 0.4) is 0 Å². The summed E-state index contributed by atoms with van der Waals surface area (Å²) in [7, 11) is -4.70. The van der Waals surface area contributed by atoms with E-state index in [-0.39, 0.29) is 25.5 Å². The number of Topliss-reactive ketones (excluding diaryl/α,β-unsaturated/α-hetero) is 1. The summed E-state index contributed by atoms with van der Waals surface area (Å²) in [5, 5.41) is 9.72. The highest BCUT2D eigenvalue weighted by molar-refractivity contribution is 7.84. The molecule has 0 aliphatic rings. The van der Waals surface area contributed by atoms with Crippen molar-refractivity contribution in [3.63, 3.8) is 0 Å². The molecule has 8 nitrogen and oxygen atoms in total. The van der Waals surface area contributed by atoms with Gasteiger partial charge in [-0.1, -0.05) is 0 Å². The van der Waals surface area contributed by atoms with Crippen LogP contribution in [0.25, 0.3) is 0 Å². The van der Waals surface area contributed by atoms with Gasteiger partial charge in [0.25, 0.3) is 5.91 Å². The van der Waals surface area contributed by atoms with Crippen LogP contribution in [0, 0.1) is 0 Å². The van der Waals surface area contributed by atoms with E-state index in [0.717, 1.165) is 0 Å². The molecule has 0 aromatic heterocycles. The summed E-state index contributed by atoms with van der Waals surface area (Å²) >= 11 is 0. The van der Waals surface area contributed by atoms with Crippen LogP contribution < -0.4 is 0 Å². The molecule has 1 N–H and O–H groups in total. The van der Waals surface area contributed by atoms with Gasteiger partial charge >= 0.3 is 7.60 Å². The molecule has 1 unspecified atom stereocenters. The van der Waals surface area contributed by atoms with Crippen LogP contribution >= 0.6 is 7.60 Å². The zero-order chi connectivity index (χ0) is 16.5. The van der Waals surface area contributed by atoms with E-state index >= 15 is 0 Å². The zero-order valence-electron chi connectivity index (χ0n) is 12.4. The fourth-order valence-corrected chi connectivity index (χ4v) is 3.41. The molecule has 1 amide bonds. The molecule has 0 saturated heterocycles. The first kappa shape index (κ1) is 20.4. The van der Waals surface area contributed by atoms with Gasteiger partial charge in [-0.25, -0.2) is 5.06 Å². The quantitative estimate of drug-likeness (QED) is 0.256. The second-order valence-electron chi connectivity index (χ2n) is 4.11. The molecule has 0 radical (unpaired) electrons. The zero-order valence-corrected chi connectivity index (χ0v) is 14.2. The topological polar surface area (TPSA) is 110 Å². The number of hydroxylamine groups is 2. The van der Waals surface area contributed by atoms with Crippen molar-refractivity contribution in [2.24, 2.45) is 0 Å². The molecule has 0 heterocycles. The Morgan fingerprint density at radius 2 is 1.76 bits per heavy atom. The molecule has 0 aromatic rings. The Kier molecular flexibility index (Phi) is 9.89. The number of carbonyl (C=O) groups excluding carboxylic acids is 2. The third-order valence-electron chi connectivity index (χ3n) is 2.25. The van der Waals surface area contributed by atoms with Gasteiger partial charge in [0.1, 0.15) is 6.16 Å². The fraction of sp³-hybridized carbons (Fsp3) is 0.818. The lowest BCUT2D eigenvalue weighted by Gasteiger charge is -2.17. The van der Waals surface area contributed by atoms with Gasteiger partial charge in [-0.15, -0.1) is 0 Å². The summed E-state index contributed by atoms with van der Waals surface area (Å²) in [6, 6.07) is 0. The highest BCUT2D eigenvalue weighted by atomic mass is 32.2. The lowest BCUT2D eigenvalue weighted by molar-refractivity contribution is -0.164. The van der Waals surface area contributed by atoms with Crippen molar-refractivity contribution in [1.82, 2.24) is 5.06 Å². The Labute approximate surface area is 126 Å². The monoisotopic (exact) mass is 343 g/mol. The molecule has 0 rings (SSSR count). The van der Waals surface area contributed by atoms with Crippen molar-refractivity contribution in [2.75, 3.05) is 37.9 Å². The summed E-state index contributed by atoms with van der Waals surface area (Å²) in [5.74, 6) is -1.39. The van der Waals surface area contributed by atoms with Gasteiger partial charge in [-0.05, 0) is 13.8 Å². The average molecular weight is 343 g/mol. The summed E-state index contributed by atoms with van der Waals surface area (Å²) in [4.78, 5) is 23.3. The first-order chi connectivity index (χ1) is 9.74. The standard InChI is InChI=1S/C11H22NO7PS/c1-4-18-20(16,19-5-2)9-10(13)8-11(14)12(15)6-7-21(3)17/h15H,4-9H2,1-3H3. The van der Waals surface area contributed by atoms with Gasteiger partial charge in [0.2, 0.25) is 0 Å². The van der Waals surface area contributed by atoms with Crippen molar-refractivity contribution in [2.45, 2.75) is 20.3 Å². The van der Waals surface area contributed by atoms with E-state index in [1.54, 1.807) is 13.8 Å². The first-order valence-corrected chi connectivity index (χ1v) is 9.88. The minimum absolute atomic E-state index is 0.104. The molecule has 124 valence electrons. The van der Waals surface area contributed by atoms with Gasteiger partial charge in [-0.2, -0.15) is 0 Å². The van der Waals surface area contributed by atoms with Crippen LogP contribution in [0.2, 0.25) is 0 Å². The van der Waals surface area contributed by atoms with Crippen molar-refractivity contribution in [3.05, 3.63) is 0 Å². The van der Waals surface area contributed by atoms with Gasteiger partial charge in [0.15, 0.2) is 5.78 Å². The number of hydrogen-bond donors (Lipinski definition) is 1. The number of rotatable bonds is 11. The van der Waals surface area contributed by atoms with E-state index in [2.05, 4.69) is 0 Å². The van der Waals surface area contributed by atoms with Crippen LogP contribution in [0.1, 0.15) is 20.3 Å². The van der Waals surface area contributed by atoms with Crippen molar-refractivity contribution >= 4 is 30.1 Å². The maximum absolute atomic E-state index is 12.1. The van der Waals surface area contributed by atoms with E-state index in [1.807, 2.05) is 0 Å². The highest BCUT2D eigenvalue weighted by Crippen LogP contribution is 2.47. The van der Waals surface area contributed by atoms with Crippen LogP contribution in [-0.2, 0) is 34.0 Å². The Bertz CT molecular complexity index is 419. The molecule has 0 spiro atoms. The van der Waals surface area contributed by atoms with E-state index in [9.17, 15) is 23.6 Å². The normalized spacial score (nSPS) is 13.0. The molecular weight excluding hydrogens is 321 g/mol. The van der Waals surface area contributed by atoms with Gasteiger partial charge < -0.3 is 9.05 Å². The minimum atomic E-state index is -3.54. The van der Waals surface area contributed by atoms with E-state index in [0.29, 0.717) is 5.06 Å². The number of amides is 1. The fourth-order valence-electron chi connectivity index (χ4n) is 1.39. The molecule has 0 bridgehead atoms. The smallest absolute Gasteiger partial charge is 0.309 e. The predicted octanol–water partition coefficient (Wildman–Crippen LogP) is 0.808. The summed E-state index contributed by atoms with van der Waals surface area (Å²) in [5.41, 5.74) is 0. The van der Waals surface area contributed by atoms with Crippen LogP contribution in [0.4, 0.5) is 0 Å². The van der Waals surface area contributed by atoms with E-state index in [4.69, 9.17) is 9.05 Å². The van der Waals surface area contributed by atoms with Crippen LogP contribution in [0.5, 0.6) is 0 Å². The molecule has 0 saturated carbocycles. The molecule has 0 aromatic carbocycles. The molecule has 0 aliphatic carbocycles. The molecule has 21 heavy (non-hydrogen) atoms. The number of carbonyl (C=O) groups is 2. The summed E-state index contributed by atoms with van der Waals surface area (Å²) < 4.78 is 32.8. The lowest BCUT2D eigenvalue weighted by atomic mass is 10.3. The molecule has 0 fully saturated rings. The van der Waals surface area contributed by atoms with Crippen LogP contribution in [0.15, 0.2) is 0 Å². The molecule has 1 atom stereocenters. The maximum Gasteiger partial charge on any atom is 0.338 e. The van der Waals surface area contributed by atoms with E-state index < -0.39 is 42.7 Å². The second-order valence-corrected chi connectivity index (χ2v) is 7.72. The van der Waals surface area contributed by atoms with Gasteiger partial charge in [0.05, 0.1) is 26.2 Å². The number of ketones is 1. The van der Waals surface area contributed by atoms with Gasteiger partial charge in [0, 0.05) is 22.8 Å². The Morgan fingerprint density at radius 1 is 1.24 bits per heavy atom. The Balaban J connectivity index is 4.43. The first-order valence-electron chi connectivity index (χ1n) is 6.43. The predicted molar refractivity (Wildman–Crippen MR) is 77.8 cm³/mol. The largest absolute Gasteiger partial charge is 0.338 e. The molecular formula is C11H22NO7PS.